The second-order valence-corrected chi connectivity index (χ2v) is 14.5. The molecule has 1 saturated heterocycles. The van der Waals surface area contributed by atoms with Gasteiger partial charge in [0.15, 0.2) is 5.60 Å². The van der Waals surface area contributed by atoms with E-state index in [0.29, 0.717) is 35.5 Å². The smallest absolute Gasteiger partial charge is 0.334 e. The van der Waals surface area contributed by atoms with E-state index in [-0.39, 0.29) is 13.0 Å². The standard InChI is InChI=1S/C31H44O6.C8H10.C2H6/c1-20(2)12-23(13-21(3)4)9-10-24-16-31(18-32,37-28(24)33)19-35-29(34)30(6,7)17-26-15-25-14-22(5)8-11-27(25)36-26;1-7-3-5-8(2)6-4-7;1-2/h8,10-11,14-15,20-21,23,32H,9,12-13,16-19H2,1-7H3;3-6H,1-2H3;1-2H3/b24-10+;;/t31-;;/m1../s1. The number of cyclic esters (lactones) is 1. The number of carbonyl (C=O) groups excluding carboxylic acids is 2. The molecule has 0 bridgehead atoms. The van der Waals surface area contributed by atoms with E-state index in [1.807, 2.05) is 51.1 Å². The van der Waals surface area contributed by atoms with E-state index in [9.17, 15) is 14.7 Å². The Hall–Kier alpha value is -3.38. The molecule has 1 N–H and O–H groups in total. The fourth-order valence-electron chi connectivity index (χ4n) is 5.86. The van der Waals surface area contributed by atoms with Crippen LogP contribution in [0.15, 0.2) is 64.6 Å². The molecule has 1 atom stereocenters. The highest BCUT2D eigenvalue weighted by atomic mass is 16.6. The van der Waals surface area contributed by atoms with E-state index in [4.69, 9.17) is 13.9 Å². The van der Waals surface area contributed by atoms with Gasteiger partial charge in [0.05, 0.1) is 12.0 Å². The number of aliphatic hydroxyl groups excluding tert-OH is 1. The van der Waals surface area contributed by atoms with E-state index in [1.54, 1.807) is 13.8 Å². The third kappa shape index (κ3) is 12.6. The molecule has 2 aromatic carbocycles. The summed E-state index contributed by atoms with van der Waals surface area (Å²) < 4.78 is 17.1. The number of carbonyl (C=O) groups is 2. The Bertz CT molecular complexity index is 1410. The lowest BCUT2D eigenvalue weighted by molar-refractivity contribution is -0.172. The maximum atomic E-state index is 13.0. The number of hydrogen-bond donors (Lipinski definition) is 1. The molecule has 3 aromatic rings. The average Bonchev–Trinajstić information content (AvgIpc) is 3.55. The number of hydrogen-bond acceptors (Lipinski definition) is 6. The number of ether oxygens (including phenoxy) is 2. The van der Waals surface area contributed by atoms with Gasteiger partial charge in [0.25, 0.3) is 0 Å². The molecule has 1 fully saturated rings. The lowest BCUT2D eigenvalue weighted by atomic mass is 9.86. The van der Waals surface area contributed by atoms with Crippen LogP contribution in [0.5, 0.6) is 0 Å². The summed E-state index contributed by atoms with van der Waals surface area (Å²) in [6.07, 6.45) is 5.55. The monoisotopic (exact) mass is 648 g/mol. The number of aryl methyl sites for hydroxylation is 3. The lowest BCUT2D eigenvalue weighted by Crippen LogP contribution is -2.41. The first-order valence-electron chi connectivity index (χ1n) is 17.3. The van der Waals surface area contributed by atoms with E-state index in [1.165, 1.54) is 11.1 Å². The summed E-state index contributed by atoms with van der Waals surface area (Å²) in [5, 5.41) is 11.1. The van der Waals surface area contributed by atoms with Crippen LogP contribution in [-0.4, -0.2) is 35.9 Å². The second kappa shape index (κ2) is 18.2. The zero-order valence-electron chi connectivity index (χ0n) is 30.9. The summed E-state index contributed by atoms with van der Waals surface area (Å²) in [7, 11) is 0. The molecule has 260 valence electrons. The molecule has 4 rings (SSSR count). The molecular weight excluding hydrogens is 588 g/mol. The molecule has 0 radical (unpaired) electrons. The number of esters is 2. The zero-order valence-corrected chi connectivity index (χ0v) is 30.9. The topological polar surface area (TPSA) is 86.0 Å². The SMILES string of the molecule is CC.Cc1ccc(C)cc1.Cc1ccc2oc(CC(C)(C)C(=O)OC[C@]3(CO)C/C(=C\CC(CC(C)C)CC(C)C)C(=O)O3)cc2c1. The minimum absolute atomic E-state index is 0.185. The molecule has 0 amide bonds. The van der Waals surface area contributed by atoms with Gasteiger partial charge in [-0.05, 0) is 89.8 Å². The Labute approximate surface area is 283 Å². The maximum absolute atomic E-state index is 13.0. The van der Waals surface area contributed by atoms with Crippen LogP contribution >= 0.6 is 0 Å². The summed E-state index contributed by atoms with van der Waals surface area (Å²) in [5.74, 6) is 1.50. The molecule has 47 heavy (non-hydrogen) atoms. The van der Waals surface area contributed by atoms with Crippen LogP contribution in [0.2, 0.25) is 0 Å². The number of benzene rings is 2. The van der Waals surface area contributed by atoms with Gasteiger partial charge in [0.2, 0.25) is 0 Å². The van der Waals surface area contributed by atoms with Crippen molar-refractivity contribution in [2.24, 2.45) is 23.2 Å². The maximum Gasteiger partial charge on any atom is 0.334 e. The third-order valence-corrected chi connectivity index (χ3v) is 8.26. The molecule has 1 aromatic heterocycles. The Morgan fingerprint density at radius 2 is 1.49 bits per heavy atom. The molecule has 6 nitrogen and oxygen atoms in total. The van der Waals surface area contributed by atoms with Gasteiger partial charge in [-0.25, -0.2) is 4.79 Å². The van der Waals surface area contributed by atoms with Gasteiger partial charge >= 0.3 is 11.9 Å². The molecule has 0 unspecified atom stereocenters. The minimum atomic E-state index is -1.24. The van der Waals surface area contributed by atoms with Gasteiger partial charge in [-0.1, -0.05) is 94.6 Å². The Morgan fingerprint density at radius 3 is 2.02 bits per heavy atom. The highest BCUT2D eigenvalue weighted by molar-refractivity contribution is 5.91. The highest BCUT2D eigenvalue weighted by Crippen LogP contribution is 2.34. The van der Waals surface area contributed by atoms with Crippen LogP contribution in [0.1, 0.15) is 104 Å². The first-order chi connectivity index (χ1) is 22.1. The largest absolute Gasteiger partial charge is 0.461 e. The van der Waals surface area contributed by atoms with Crippen LogP contribution in [0, 0.1) is 43.9 Å². The predicted molar refractivity (Wildman–Crippen MR) is 192 cm³/mol. The molecule has 0 saturated carbocycles. The van der Waals surface area contributed by atoms with Crippen molar-refractivity contribution in [1.29, 1.82) is 0 Å². The van der Waals surface area contributed by atoms with Gasteiger partial charge in [0.1, 0.15) is 18.0 Å². The van der Waals surface area contributed by atoms with Crippen LogP contribution in [0.3, 0.4) is 0 Å². The Kier molecular flexibility index (Phi) is 15.4. The van der Waals surface area contributed by atoms with Crippen molar-refractivity contribution in [3.63, 3.8) is 0 Å². The van der Waals surface area contributed by atoms with E-state index in [0.717, 1.165) is 35.8 Å². The van der Waals surface area contributed by atoms with Crippen molar-refractivity contribution >= 4 is 22.9 Å². The number of aliphatic hydroxyl groups is 1. The molecule has 6 heteroatoms. The number of allylic oxidation sites excluding steroid dienone is 1. The molecule has 0 aliphatic carbocycles. The van der Waals surface area contributed by atoms with Crippen LogP contribution in [-0.2, 0) is 25.5 Å². The average molecular weight is 649 g/mol. The van der Waals surface area contributed by atoms with Crippen molar-refractivity contribution in [3.05, 3.63) is 82.6 Å². The second-order valence-electron chi connectivity index (χ2n) is 14.5. The molecule has 0 spiro atoms. The minimum Gasteiger partial charge on any atom is -0.461 e. The van der Waals surface area contributed by atoms with Crippen molar-refractivity contribution in [2.45, 2.75) is 114 Å². The number of rotatable bonds is 12. The molecule has 1 aliphatic rings. The Morgan fingerprint density at radius 1 is 0.936 bits per heavy atom. The normalized spacial score (nSPS) is 17.1. The number of furan rings is 1. The van der Waals surface area contributed by atoms with E-state index >= 15 is 0 Å². The lowest BCUT2D eigenvalue weighted by Gasteiger charge is -2.27. The van der Waals surface area contributed by atoms with Crippen molar-refractivity contribution in [1.82, 2.24) is 0 Å². The van der Waals surface area contributed by atoms with Crippen LogP contribution in [0.4, 0.5) is 0 Å². The van der Waals surface area contributed by atoms with Gasteiger partial charge < -0.3 is 19.0 Å². The summed E-state index contributed by atoms with van der Waals surface area (Å²) in [5.41, 5.74) is 3.04. The van der Waals surface area contributed by atoms with Gasteiger partial charge in [-0.2, -0.15) is 0 Å². The third-order valence-electron chi connectivity index (χ3n) is 8.26. The quantitative estimate of drug-likeness (QED) is 0.155. The van der Waals surface area contributed by atoms with Crippen LogP contribution < -0.4 is 0 Å². The van der Waals surface area contributed by atoms with E-state index in [2.05, 4.69) is 65.8 Å². The van der Waals surface area contributed by atoms with Gasteiger partial charge in [0, 0.05) is 23.8 Å². The van der Waals surface area contributed by atoms with Crippen molar-refractivity contribution in [3.8, 4) is 0 Å². The van der Waals surface area contributed by atoms with Gasteiger partial charge in [-0.15, -0.1) is 0 Å². The summed E-state index contributed by atoms with van der Waals surface area (Å²) in [4.78, 5) is 25.7. The summed E-state index contributed by atoms with van der Waals surface area (Å²) in [6.45, 7) is 22.1. The summed E-state index contributed by atoms with van der Waals surface area (Å²) >= 11 is 0. The summed E-state index contributed by atoms with van der Waals surface area (Å²) in [6, 6.07) is 16.4. The van der Waals surface area contributed by atoms with Crippen molar-refractivity contribution < 1.29 is 28.6 Å². The first kappa shape index (κ1) is 39.8. The Balaban J connectivity index is 0.000000660. The van der Waals surface area contributed by atoms with Crippen LogP contribution in [0.25, 0.3) is 11.0 Å². The first-order valence-corrected chi connectivity index (χ1v) is 17.3. The molecule has 1 aliphatic heterocycles. The molecule has 2 heterocycles. The predicted octanol–water partition coefficient (Wildman–Crippen LogP) is 9.89. The zero-order chi connectivity index (χ0) is 35.4. The highest BCUT2D eigenvalue weighted by Gasteiger charge is 2.45. The van der Waals surface area contributed by atoms with Crippen molar-refractivity contribution in [2.75, 3.05) is 13.2 Å². The fourth-order valence-corrected chi connectivity index (χ4v) is 5.86. The van der Waals surface area contributed by atoms with E-state index < -0.39 is 29.6 Å². The molecular formula is C41H60O6. The van der Waals surface area contributed by atoms with Gasteiger partial charge in [-0.3, -0.25) is 4.79 Å². The number of fused-ring (bicyclic) bond motifs is 1. The fraction of sp³-hybridized carbons (Fsp3) is 0.561.